The number of hydrogen-bond acceptors (Lipinski definition) is 2. The summed E-state index contributed by atoms with van der Waals surface area (Å²) in [6.07, 6.45) is 8.17. The summed E-state index contributed by atoms with van der Waals surface area (Å²) in [5.74, 6) is 2.78. The zero-order valence-corrected chi connectivity index (χ0v) is 10.3. The van der Waals surface area contributed by atoms with Gasteiger partial charge < -0.3 is 0 Å². The van der Waals surface area contributed by atoms with Crippen LogP contribution in [0.5, 0.6) is 0 Å². The second-order valence-corrected chi connectivity index (χ2v) is 5.49. The molecule has 0 bridgehead atoms. The Morgan fingerprint density at radius 1 is 0.938 bits per heavy atom. The smallest absolute Gasteiger partial charge is 0.125 e. The summed E-state index contributed by atoms with van der Waals surface area (Å²) in [5, 5.41) is 0. The van der Waals surface area contributed by atoms with Crippen LogP contribution in [0.1, 0.15) is 48.5 Å². The van der Waals surface area contributed by atoms with E-state index in [4.69, 9.17) is 0 Å². The molecule has 2 atom stereocenters. The third-order valence-electron chi connectivity index (χ3n) is 4.40. The predicted octanol–water partition coefficient (Wildman–Crippen LogP) is 3.00. The van der Waals surface area contributed by atoms with Crippen molar-refractivity contribution in [3.8, 4) is 0 Å². The van der Waals surface area contributed by atoms with Crippen LogP contribution in [0.25, 0.3) is 0 Å². The van der Waals surface area contributed by atoms with Gasteiger partial charge in [-0.25, -0.2) is 9.97 Å². The molecule has 2 unspecified atom stereocenters. The molecule has 0 radical (unpaired) electrons. The average Bonchev–Trinajstić information content (AvgIpc) is 2.27. The minimum absolute atomic E-state index is 0.912. The number of fused-ring (bicyclic) bond motifs is 2. The summed E-state index contributed by atoms with van der Waals surface area (Å²) in [5.41, 5.74) is 4.05. The number of rotatable bonds is 0. The Balaban J connectivity index is 1.98. The van der Waals surface area contributed by atoms with Crippen molar-refractivity contribution in [1.29, 1.82) is 0 Å². The number of aromatic nitrogens is 2. The van der Waals surface area contributed by atoms with Gasteiger partial charge in [0.05, 0.1) is 0 Å². The van der Waals surface area contributed by atoms with Gasteiger partial charge >= 0.3 is 0 Å². The fraction of sp³-hybridized carbons (Fsp3) is 0.714. The van der Waals surface area contributed by atoms with Gasteiger partial charge in [-0.15, -0.1) is 0 Å². The van der Waals surface area contributed by atoms with Gasteiger partial charge in [0.1, 0.15) is 5.82 Å². The summed E-state index contributed by atoms with van der Waals surface area (Å²) in [6.45, 7) is 4.16. The van der Waals surface area contributed by atoms with E-state index in [0.29, 0.717) is 0 Å². The van der Waals surface area contributed by atoms with Crippen molar-refractivity contribution in [1.82, 2.24) is 9.97 Å². The van der Waals surface area contributed by atoms with Gasteiger partial charge in [0.15, 0.2) is 0 Å². The summed E-state index contributed by atoms with van der Waals surface area (Å²) < 4.78 is 0. The van der Waals surface area contributed by atoms with Crippen molar-refractivity contribution in [2.45, 2.75) is 52.4 Å². The van der Waals surface area contributed by atoms with E-state index >= 15 is 0 Å². The van der Waals surface area contributed by atoms with Crippen molar-refractivity contribution in [3.05, 3.63) is 22.8 Å². The van der Waals surface area contributed by atoms with E-state index in [9.17, 15) is 0 Å². The lowest BCUT2D eigenvalue weighted by Gasteiger charge is -2.36. The molecule has 0 amide bonds. The molecule has 0 N–H and O–H groups in total. The highest BCUT2D eigenvalue weighted by molar-refractivity contribution is 5.29. The number of hydrogen-bond donors (Lipinski definition) is 0. The molecule has 1 aromatic rings. The first-order chi connectivity index (χ1) is 7.74. The largest absolute Gasteiger partial charge is 0.238 e. The molecule has 1 saturated carbocycles. The highest BCUT2D eigenvalue weighted by Crippen LogP contribution is 2.39. The molecule has 2 heteroatoms. The third kappa shape index (κ3) is 1.64. The monoisotopic (exact) mass is 216 g/mol. The van der Waals surface area contributed by atoms with Gasteiger partial charge in [-0.05, 0) is 56.9 Å². The molecule has 16 heavy (non-hydrogen) atoms. The van der Waals surface area contributed by atoms with Gasteiger partial charge in [0, 0.05) is 11.4 Å². The van der Waals surface area contributed by atoms with E-state index in [1.54, 1.807) is 0 Å². The van der Waals surface area contributed by atoms with Crippen LogP contribution < -0.4 is 0 Å². The van der Waals surface area contributed by atoms with Gasteiger partial charge in [0.2, 0.25) is 0 Å². The van der Waals surface area contributed by atoms with Crippen LogP contribution in [0.15, 0.2) is 0 Å². The maximum atomic E-state index is 4.65. The second kappa shape index (κ2) is 3.83. The van der Waals surface area contributed by atoms with Crippen molar-refractivity contribution >= 4 is 0 Å². The van der Waals surface area contributed by atoms with E-state index in [1.807, 2.05) is 6.92 Å². The fourth-order valence-corrected chi connectivity index (χ4v) is 3.57. The molecule has 0 saturated heterocycles. The summed E-state index contributed by atoms with van der Waals surface area (Å²) >= 11 is 0. The molecule has 0 spiro atoms. The van der Waals surface area contributed by atoms with Gasteiger partial charge in [-0.3, -0.25) is 0 Å². The van der Waals surface area contributed by atoms with Crippen LogP contribution in [-0.4, -0.2) is 9.97 Å². The van der Waals surface area contributed by atoms with Crippen LogP contribution >= 0.6 is 0 Å². The minimum Gasteiger partial charge on any atom is -0.238 e. The Bertz CT molecular complexity index is 411. The van der Waals surface area contributed by atoms with Crippen LogP contribution in [-0.2, 0) is 12.8 Å². The van der Waals surface area contributed by atoms with E-state index < -0.39 is 0 Å². The van der Waals surface area contributed by atoms with Gasteiger partial charge in [0.25, 0.3) is 0 Å². The zero-order chi connectivity index (χ0) is 11.1. The van der Waals surface area contributed by atoms with E-state index in [0.717, 1.165) is 17.7 Å². The standard InChI is InChI=1S/C14H20N2/c1-9-13-7-11-5-3-4-6-12(11)8-14(13)16-10(2)15-9/h11-12H,3-8H2,1-2H3. The molecule has 1 fully saturated rings. The van der Waals surface area contributed by atoms with E-state index in [1.165, 1.54) is 55.5 Å². The summed E-state index contributed by atoms with van der Waals surface area (Å²) in [4.78, 5) is 9.17. The molecule has 1 heterocycles. The molecular weight excluding hydrogens is 196 g/mol. The topological polar surface area (TPSA) is 25.8 Å². The zero-order valence-electron chi connectivity index (χ0n) is 10.3. The third-order valence-corrected chi connectivity index (χ3v) is 4.40. The molecular formula is C14H20N2. The van der Waals surface area contributed by atoms with Crippen molar-refractivity contribution in [3.63, 3.8) is 0 Å². The second-order valence-electron chi connectivity index (χ2n) is 5.49. The maximum absolute atomic E-state index is 4.65. The highest BCUT2D eigenvalue weighted by Gasteiger charge is 2.32. The van der Waals surface area contributed by atoms with Crippen LogP contribution in [0.4, 0.5) is 0 Å². The van der Waals surface area contributed by atoms with Crippen molar-refractivity contribution in [2.24, 2.45) is 11.8 Å². The molecule has 86 valence electrons. The Hall–Kier alpha value is -0.920. The molecule has 1 aromatic heterocycles. The first kappa shape index (κ1) is 10.2. The molecule has 2 aliphatic rings. The molecule has 0 aliphatic heterocycles. The van der Waals surface area contributed by atoms with Crippen LogP contribution in [0.3, 0.4) is 0 Å². The highest BCUT2D eigenvalue weighted by atomic mass is 14.9. The number of nitrogens with zero attached hydrogens (tertiary/aromatic N) is 2. The first-order valence-electron chi connectivity index (χ1n) is 6.57. The Morgan fingerprint density at radius 2 is 1.62 bits per heavy atom. The minimum atomic E-state index is 0.912. The quantitative estimate of drug-likeness (QED) is 0.666. The molecule has 0 aromatic carbocycles. The SMILES string of the molecule is Cc1nc(C)c2c(n1)CC1CCCCC1C2. The Kier molecular flexibility index (Phi) is 2.45. The summed E-state index contributed by atoms with van der Waals surface area (Å²) in [6, 6.07) is 0. The average molecular weight is 216 g/mol. The molecule has 3 rings (SSSR count). The van der Waals surface area contributed by atoms with Gasteiger partial charge in [-0.1, -0.05) is 12.8 Å². The molecule has 2 aliphatic carbocycles. The normalized spacial score (nSPS) is 28.4. The van der Waals surface area contributed by atoms with Gasteiger partial charge in [-0.2, -0.15) is 0 Å². The maximum Gasteiger partial charge on any atom is 0.125 e. The Labute approximate surface area is 97.5 Å². The van der Waals surface area contributed by atoms with Crippen LogP contribution in [0, 0.1) is 25.7 Å². The lowest BCUT2D eigenvalue weighted by molar-refractivity contribution is 0.217. The summed E-state index contributed by atoms with van der Waals surface area (Å²) in [7, 11) is 0. The number of aryl methyl sites for hydroxylation is 2. The van der Waals surface area contributed by atoms with E-state index in [-0.39, 0.29) is 0 Å². The van der Waals surface area contributed by atoms with Crippen molar-refractivity contribution < 1.29 is 0 Å². The Morgan fingerprint density at radius 3 is 2.38 bits per heavy atom. The van der Waals surface area contributed by atoms with Crippen LogP contribution in [0.2, 0.25) is 0 Å². The molecule has 2 nitrogen and oxygen atoms in total. The lowest BCUT2D eigenvalue weighted by Crippen LogP contribution is -2.30. The first-order valence-corrected chi connectivity index (χ1v) is 6.57. The van der Waals surface area contributed by atoms with E-state index in [2.05, 4.69) is 16.9 Å². The van der Waals surface area contributed by atoms with Crippen molar-refractivity contribution in [2.75, 3.05) is 0 Å². The predicted molar refractivity (Wildman–Crippen MR) is 64.4 cm³/mol. The fourth-order valence-electron chi connectivity index (χ4n) is 3.57. The lowest BCUT2D eigenvalue weighted by atomic mass is 9.70.